The van der Waals surface area contributed by atoms with Gasteiger partial charge in [0.05, 0.1) is 5.57 Å². The second kappa shape index (κ2) is 4.26. The molecule has 3 heterocycles. The molecular formula is C16H12BF3N2. The quantitative estimate of drug-likeness (QED) is 0.711. The van der Waals surface area contributed by atoms with Gasteiger partial charge in [-0.2, -0.15) is 0 Å². The lowest BCUT2D eigenvalue weighted by Crippen LogP contribution is -2.49. The zero-order valence-electron chi connectivity index (χ0n) is 11.8. The van der Waals surface area contributed by atoms with Crippen LogP contribution in [0.3, 0.4) is 0 Å². The molecule has 0 unspecified atom stereocenters. The lowest BCUT2D eigenvalue weighted by molar-refractivity contribution is -0.356. The maximum absolute atomic E-state index is 14.6. The SMILES string of the molecule is Cc1ccc(F)c(C2=C3C=CC=[N+]3[B-](F)(F)n3cccc32)c1. The summed E-state index contributed by atoms with van der Waals surface area (Å²) in [6.45, 7) is -2.09. The van der Waals surface area contributed by atoms with E-state index in [1.165, 1.54) is 18.5 Å². The van der Waals surface area contributed by atoms with Crippen LogP contribution in [0.15, 0.2) is 54.4 Å². The van der Waals surface area contributed by atoms with Gasteiger partial charge in [-0.1, -0.05) is 11.6 Å². The minimum absolute atomic E-state index is 0.334. The molecule has 0 aliphatic carbocycles. The van der Waals surface area contributed by atoms with Crippen molar-refractivity contribution >= 4 is 18.8 Å². The fraction of sp³-hybridized carbons (Fsp3) is 0.0625. The molecule has 0 saturated carbocycles. The summed E-state index contributed by atoms with van der Waals surface area (Å²) in [5.74, 6) is -0.418. The third kappa shape index (κ3) is 1.61. The molecule has 0 saturated heterocycles. The first kappa shape index (κ1) is 13.2. The molecule has 4 rings (SSSR count). The fourth-order valence-corrected chi connectivity index (χ4v) is 3.13. The van der Waals surface area contributed by atoms with Crippen LogP contribution in [0.5, 0.6) is 0 Å². The maximum Gasteiger partial charge on any atom is 0.737 e. The highest BCUT2D eigenvalue weighted by molar-refractivity contribution is 6.57. The van der Waals surface area contributed by atoms with Crippen LogP contribution in [-0.2, 0) is 0 Å². The Labute approximate surface area is 125 Å². The van der Waals surface area contributed by atoms with Crippen LogP contribution in [0.4, 0.5) is 13.0 Å². The van der Waals surface area contributed by atoms with E-state index in [0.717, 1.165) is 14.5 Å². The number of fused-ring (bicyclic) bond motifs is 2. The van der Waals surface area contributed by atoms with E-state index in [4.69, 9.17) is 0 Å². The van der Waals surface area contributed by atoms with Gasteiger partial charge in [-0.05, 0) is 37.4 Å². The summed E-state index contributed by atoms with van der Waals surface area (Å²) in [5.41, 5.74) is 2.37. The summed E-state index contributed by atoms with van der Waals surface area (Å²) in [6, 6.07) is 7.89. The van der Waals surface area contributed by atoms with Crippen molar-refractivity contribution in [1.29, 1.82) is 0 Å². The summed E-state index contributed by atoms with van der Waals surface area (Å²) in [6.07, 6.45) is 5.84. The monoisotopic (exact) mass is 300 g/mol. The number of nitrogens with zero attached hydrogens (tertiary/aromatic N) is 2. The standard InChI is InChI=1S/C16H12BF3N2/c1-11-6-7-13(18)12(10-11)16-14-4-2-8-21(14)17(19,20)22-9-3-5-15(16)22/h2-10H,1H3. The van der Waals surface area contributed by atoms with E-state index in [0.29, 0.717) is 22.5 Å². The Morgan fingerprint density at radius 1 is 1.18 bits per heavy atom. The maximum atomic E-state index is 14.6. The zero-order valence-corrected chi connectivity index (χ0v) is 11.8. The Bertz CT molecular complexity index is 891. The number of halogens is 3. The normalized spacial score (nSPS) is 18.3. The van der Waals surface area contributed by atoms with Gasteiger partial charge in [-0.25, -0.2) is 4.39 Å². The number of allylic oxidation sites excluding steroid dienone is 2. The molecule has 2 aromatic rings. The average Bonchev–Trinajstić information content (AvgIpc) is 3.12. The molecule has 0 radical (unpaired) electrons. The molecule has 0 amide bonds. The first-order chi connectivity index (χ1) is 10.5. The first-order valence-electron chi connectivity index (χ1n) is 7.00. The molecule has 22 heavy (non-hydrogen) atoms. The van der Waals surface area contributed by atoms with Crippen molar-refractivity contribution in [3.8, 4) is 0 Å². The number of rotatable bonds is 1. The zero-order chi connectivity index (χ0) is 15.5. The van der Waals surface area contributed by atoms with E-state index in [-0.39, 0.29) is 0 Å². The predicted molar refractivity (Wildman–Crippen MR) is 80.4 cm³/mol. The van der Waals surface area contributed by atoms with E-state index in [1.807, 2.05) is 6.92 Å². The molecule has 1 aromatic heterocycles. The van der Waals surface area contributed by atoms with Crippen molar-refractivity contribution < 1.29 is 17.5 Å². The molecule has 1 aromatic carbocycles. The second-order valence-electron chi connectivity index (χ2n) is 5.55. The molecule has 2 nitrogen and oxygen atoms in total. The van der Waals surface area contributed by atoms with Crippen LogP contribution < -0.4 is 0 Å². The topological polar surface area (TPSA) is 7.94 Å². The molecule has 110 valence electrons. The second-order valence-corrected chi connectivity index (χ2v) is 5.55. The van der Waals surface area contributed by atoms with Gasteiger partial charge in [0.2, 0.25) is 0 Å². The van der Waals surface area contributed by atoms with Gasteiger partial charge >= 0.3 is 6.97 Å². The summed E-state index contributed by atoms with van der Waals surface area (Å²) < 4.78 is 45.4. The van der Waals surface area contributed by atoms with Crippen LogP contribution in [0.25, 0.3) is 5.57 Å². The van der Waals surface area contributed by atoms with E-state index < -0.39 is 12.8 Å². The molecule has 0 spiro atoms. The Kier molecular flexibility index (Phi) is 2.55. The Hall–Kier alpha value is -2.50. The summed E-state index contributed by atoms with van der Waals surface area (Å²) >= 11 is 0. The molecule has 6 heteroatoms. The smallest absolute Gasteiger partial charge is 0.396 e. The van der Waals surface area contributed by atoms with Gasteiger partial charge in [0.25, 0.3) is 0 Å². The highest BCUT2D eigenvalue weighted by atomic mass is 19.2. The highest BCUT2D eigenvalue weighted by Gasteiger charge is 2.51. The van der Waals surface area contributed by atoms with Crippen LogP contribution in [-0.4, -0.2) is 22.1 Å². The Morgan fingerprint density at radius 3 is 2.82 bits per heavy atom. The molecule has 2 aliphatic heterocycles. The number of aryl methyl sites for hydroxylation is 1. The molecule has 2 aliphatic rings. The van der Waals surface area contributed by atoms with Crippen molar-refractivity contribution in [2.24, 2.45) is 0 Å². The number of aromatic nitrogens is 1. The van der Waals surface area contributed by atoms with Crippen molar-refractivity contribution in [3.05, 3.63) is 77.0 Å². The summed E-state index contributed by atoms with van der Waals surface area (Å²) in [7, 11) is 0. The fourth-order valence-electron chi connectivity index (χ4n) is 3.13. The number of benzene rings is 1. The Balaban J connectivity index is 2.09. The summed E-state index contributed by atoms with van der Waals surface area (Å²) in [4.78, 5) is 0. The van der Waals surface area contributed by atoms with E-state index in [1.54, 1.807) is 36.4 Å². The third-order valence-electron chi connectivity index (χ3n) is 4.13. The molecule has 0 bridgehead atoms. The van der Waals surface area contributed by atoms with E-state index in [9.17, 15) is 13.0 Å². The van der Waals surface area contributed by atoms with Gasteiger partial charge in [-0.3, -0.25) is 0 Å². The van der Waals surface area contributed by atoms with Crippen LogP contribution in [0.1, 0.15) is 16.8 Å². The lowest BCUT2D eigenvalue weighted by atomic mass is 9.86. The summed E-state index contributed by atoms with van der Waals surface area (Å²) in [5, 5.41) is 0. The van der Waals surface area contributed by atoms with Gasteiger partial charge < -0.3 is 17.6 Å². The van der Waals surface area contributed by atoms with Gasteiger partial charge in [0.15, 0.2) is 5.70 Å². The van der Waals surface area contributed by atoms with Gasteiger partial charge in [0, 0.05) is 23.4 Å². The van der Waals surface area contributed by atoms with Crippen LogP contribution in [0, 0.1) is 12.7 Å². The number of hydrogen-bond acceptors (Lipinski definition) is 0. The number of hydrogen-bond donors (Lipinski definition) is 0. The highest BCUT2D eigenvalue weighted by Crippen LogP contribution is 2.39. The largest absolute Gasteiger partial charge is 0.737 e. The molecule has 0 N–H and O–H groups in total. The third-order valence-corrected chi connectivity index (χ3v) is 4.13. The minimum Gasteiger partial charge on any atom is -0.396 e. The van der Waals surface area contributed by atoms with E-state index in [2.05, 4.69) is 0 Å². The first-order valence-corrected chi connectivity index (χ1v) is 7.00. The van der Waals surface area contributed by atoms with Gasteiger partial charge in [-0.15, -0.1) is 0 Å². The Morgan fingerprint density at radius 2 is 2.00 bits per heavy atom. The predicted octanol–water partition coefficient (Wildman–Crippen LogP) is 3.58. The molecular weight excluding hydrogens is 288 g/mol. The molecule has 0 fully saturated rings. The molecule has 0 atom stereocenters. The lowest BCUT2D eigenvalue weighted by Gasteiger charge is -2.31. The van der Waals surface area contributed by atoms with Crippen LogP contribution in [0.2, 0.25) is 0 Å². The van der Waals surface area contributed by atoms with Crippen molar-refractivity contribution in [2.75, 3.05) is 0 Å². The van der Waals surface area contributed by atoms with Crippen LogP contribution >= 0.6 is 0 Å². The minimum atomic E-state index is -3.94. The van der Waals surface area contributed by atoms with Gasteiger partial charge in [0.1, 0.15) is 12.0 Å². The van der Waals surface area contributed by atoms with Crippen molar-refractivity contribution in [2.45, 2.75) is 6.92 Å². The van der Waals surface area contributed by atoms with Crippen molar-refractivity contribution in [3.63, 3.8) is 0 Å². The van der Waals surface area contributed by atoms with Crippen molar-refractivity contribution in [1.82, 2.24) is 4.48 Å². The average molecular weight is 300 g/mol. The van der Waals surface area contributed by atoms with E-state index >= 15 is 0 Å².